The number of hydrogen-bond donors (Lipinski definition) is 1. The number of aliphatic carboxylic acids is 1. The molecule has 1 aliphatic carbocycles. The molecule has 5 nitrogen and oxygen atoms in total. The van der Waals surface area contributed by atoms with Gasteiger partial charge in [-0.25, -0.2) is 4.79 Å². The van der Waals surface area contributed by atoms with Gasteiger partial charge in [-0.3, -0.25) is 4.79 Å². The van der Waals surface area contributed by atoms with E-state index in [9.17, 15) is 14.7 Å². The van der Waals surface area contributed by atoms with Crippen molar-refractivity contribution in [2.45, 2.75) is 50.0 Å². The number of amides is 1. The molecule has 3 aromatic carbocycles. The summed E-state index contributed by atoms with van der Waals surface area (Å²) in [5.41, 5.74) is 2.82. The van der Waals surface area contributed by atoms with Crippen molar-refractivity contribution in [2.24, 2.45) is 5.92 Å². The Morgan fingerprint density at radius 2 is 1.41 bits per heavy atom. The number of hydrogen-bond acceptors (Lipinski definition) is 3. The van der Waals surface area contributed by atoms with E-state index >= 15 is 0 Å². The molecule has 1 saturated carbocycles. The molecule has 4 atom stereocenters. The van der Waals surface area contributed by atoms with E-state index in [0.29, 0.717) is 13.0 Å². The van der Waals surface area contributed by atoms with E-state index in [1.807, 2.05) is 91.0 Å². The molecular formula is C29H29NO4. The van der Waals surface area contributed by atoms with Gasteiger partial charge in [-0.2, -0.15) is 0 Å². The van der Waals surface area contributed by atoms with E-state index in [1.165, 1.54) is 0 Å². The zero-order valence-corrected chi connectivity index (χ0v) is 19.0. The average Bonchev–Trinajstić information content (AvgIpc) is 2.89. The molecule has 1 N–H and O–H groups in total. The molecule has 1 unspecified atom stereocenters. The van der Waals surface area contributed by atoms with Crippen LogP contribution in [-0.4, -0.2) is 40.1 Å². The number of carboxylic acids is 1. The summed E-state index contributed by atoms with van der Waals surface area (Å²) < 4.78 is 6.24. The van der Waals surface area contributed by atoms with Crippen LogP contribution >= 0.6 is 0 Å². The van der Waals surface area contributed by atoms with Crippen molar-refractivity contribution >= 4 is 11.9 Å². The van der Waals surface area contributed by atoms with Gasteiger partial charge in [0.2, 0.25) is 5.91 Å². The summed E-state index contributed by atoms with van der Waals surface area (Å²) in [6, 6.07) is 28.2. The Kier molecular flexibility index (Phi) is 6.45. The van der Waals surface area contributed by atoms with E-state index in [0.717, 1.165) is 29.5 Å². The van der Waals surface area contributed by atoms with Crippen LogP contribution in [0.4, 0.5) is 0 Å². The van der Waals surface area contributed by atoms with Crippen molar-refractivity contribution < 1.29 is 19.4 Å². The lowest BCUT2D eigenvalue weighted by Gasteiger charge is -2.53. The van der Waals surface area contributed by atoms with Crippen molar-refractivity contribution in [3.63, 3.8) is 0 Å². The molecule has 174 valence electrons. The first-order chi connectivity index (χ1) is 16.6. The van der Waals surface area contributed by atoms with Crippen LogP contribution in [0, 0.1) is 5.92 Å². The summed E-state index contributed by atoms with van der Waals surface area (Å²) >= 11 is 0. The lowest BCUT2D eigenvalue weighted by molar-refractivity contribution is -0.177. The number of carbonyl (C=O) groups is 2. The second-order valence-electron chi connectivity index (χ2n) is 9.25. The third-order valence-electron chi connectivity index (χ3n) is 7.24. The Labute approximate surface area is 200 Å². The normalized spacial score (nSPS) is 23.7. The molecule has 0 radical (unpaired) electrons. The molecular weight excluding hydrogens is 426 g/mol. The summed E-state index contributed by atoms with van der Waals surface area (Å²) in [5, 5.41) is 10.3. The van der Waals surface area contributed by atoms with Crippen molar-refractivity contribution in [1.82, 2.24) is 4.90 Å². The molecule has 3 fully saturated rings. The molecule has 3 aliphatic rings. The first kappa shape index (κ1) is 22.4. The van der Waals surface area contributed by atoms with Crippen molar-refractivity contribution in [3.8, 4) is 0 Å². The zero-order valence-electron chi connectivity index (χ0n) is 19.0. The highest BCUT2D eigenvalue weighted by Gasteiger charge is 2.53. The molecule has 2 heterocycles. The smallest absolute Gasteiger partial charge is 0.326 e. The number of ether oxygens (including phenoxy) is 1. The van der Waals surface area contributed by atoms with Gasteiger partial charge in [0.15, 0.2) is 0 Å². The lowest BCUT2D eigenvalue weighted by Crippen LogP contribution is -2.65. The van der Waals surface area contributed by atoms with Crippen molar-refractivity contribution in [1.29, 1.82) is 0 Å². The molecule has 0 spiro atoms. The molecule has 5 heteroatoms. The number of benzene rings is 3. The molecule has 2 bridgehead atoms. The van der Waals surface area contributed by atoms with Crippen LogP contribution in [0.3, 0.4) is 0 Å². The van der Waals surface area contributed by atoms with Crippen LogP contribution in [0.15, 0.2) is 91.0 Å². The topological polar surface area (TPSA) is 66.8 Å². The molecule has 2 saturated heterocycles. The van der Waals surface area contributed by atoms with Gasteiger partial charge in [-0.1, -0.05) is 91.0 Å². The molecule has 6 rings (SSSR count). The van der Waals surface area contributed by atoms with E-state index in [4.69, 9.17) is 4.74 Å². The number of carbonyl (C=O) groups excluding carboxylic acids is 1. The standard InChI is InChI=1S/C29H29NO4/c31-28(26(21-12-6-2-7-13-21)22-14-8-3-9-15-22)30-23-16-17-24(27(30)29(32)33)25(18-23)34-19-20-10-4-1-5-11-20/h1-15,23-27H,16-19H2,(H,32,33)/t23-,24+,25?,27-/m1/s1. The quantitative estimate of drug-likeness (QED) is 0.552. The van der Waals surface area contributed by atoms with Crippen LogP contribution in [0.25, 0.3) is 0 Å². The molecule has 0 aromatic heterocycles. The fraction of sp³-hybridized carbons (Fsp3) is 0.310. The monoisotopic (exact) mass is 455 g/mol. The summed E-state index contributed by atoms with van der Waals surface area (Å²) in [6.07, 6.45) is 2.06. The largest absolute Gasteiger partial charge is 0.480 e. The maximum absolute atomic E-state index is 14.1. The number of carboxylic acid groups (broad SMARTS) is 1. The summed E-state index contributed by atoms with van der Waals surface area (Å²) in [6.45, 7) is 0.450. The lowest BCUT2D eigenvalue weighted by atomic mass is 9.71. The van der Waals surface area contributed by atoms with Gasteiger partial charge in [-0.15, -0.1) is 0 Å². The van der Waals surface area contributed by atoms with Gasteiger partial charge in [0.1, 0.15) is 6.04 Å². The van der Waals surface area contributed by atoms with Crippen LogP contribution in [0.5, 0.6) is 0 Å². The van der Waals surface area contributed by atoms with Gasteiger partial charge in [0, 0.05) is 12.0 Å². The molecule has 1 amide bonds. The number of fused-ring (bicyclic) bond motifs is 3. The Balaban J connectivity index is 1.43. The Hall–Kier alpha value is -3.44. The van der Waals surface area contributed by atoms with E-state index in [-0.39, 0.29) is 24.0 Å². The Morgan fingerprint density at radius 3 is 1.97 bits per heavy atom. The van der Waals surface area contributed by atoms with E-state index in [2.05, 4.69) is 0 Å². The number of piperidine rings is 2. The van der Waals surface area contributed by atoms with Crippen LogP contribution < -0.4 is 0 Å². The predicted octanol–water partition coefficient (Wildman–Crippen LogP) is 4.87. The fourth-order valence-electron chi connectivity index (χ4n) is 5.68. The third kappa shape index (κ3) is 4.36. The number of rotatable bonds is 7. The van der Waals surface area contributed by atoms with E-state index < -0.39 is 17.9 Å². The van der Waals surface area contributed by atoms with Gasteiger partial charge in [0.25, 0.3) is 0 Å². The van der Waals surface area contributed by atoms with E-state index in [1.54, 1.807) is 4.90 Å². The maximum Gasteiger partial charge on any atom is 0.326 e. The Bertz CT molecular complexity index is 1080. The minimum atomic E-state index is -0.948. The van der Waals surface area contributed by atoms with Crippen LogP contribution in [-0.2, 0) is 20.9 Å². The first-order valence-electron chi connectivity index (χ1n) is 11.9. The highest BCUT2D eigenvalue weighted by atomic mass is 16.5. The van der Waals surface area contributed by atoms with Gasteiger partial charge in [0.05, 0.1) is 18.6 Å². The minimum Gasteiger partial charge on any atom is -0.480 e. The zero-order chi connectivity index (χ0) is 23.5. The third-order valence-corrected chi connectivity index (χ3v) is 7.24. The van der Waals surface area contributed by atoms with Gasteiger partial charge in [-0.05, 0) is 36.0 Å². The molecule has 34 heavy (non-hydrogen) atoms. The van der Waals surface area contributed by atoms with Gasteiger partial charge < -0.3 is 14.7 Å². The summed E-state index contributed by atoms with van der Waals surface area (Å²) in [4.78, 5) is 28.3. The first-order valence-corrected chi connectivity index (χ1v) is 11.9. The fourth-order valence-corrected chi connectivity index (χ4v) is 5.68. The van der Waals surface area contributed by atoms with Crippen molar-refractivity contribution in [3.05, 3.63) is 108 Å². The molecule has 2 aliphatic heterocycles. The summed E-state index contributed by atoms with van der Waals surface area (Å²) in [7, 11) is 0. The highest BCUT2D eigenvalue weighted by Crippen LogP contribution is 2.44. The van der Waals surface area contributed by atoms with Crippen LogP contribution in [0.2, 0.25) is 0 Å². The molecule has 3 aromatic rings. The average molecular weight is 456 g/mol. The second-order valence-corrected chi connectivity index (χ2v) is 9.25. The number of nitrogens with zero attached hydrogens (tertiary/aromatic N) is 1. The second kappa shape index (κ2) is 9.82. The summed E-state index contributed by atoms with van der Waals surface area (Å²) in [5.74, 6) is -1.84. The predicted molar refractivity (Wildman–Crippen MR) is 129 cm³/mol. The Morgan fingerprint density at radius 1 is 0.853 bits per heavy atom. The van der Waals surface area contributed by atoms with Crippen molar-refractivity contribution in [2.75, 3.05) is 0 Å². The van der Waals surface area contributed by atoms with Crippen LogP contribution in [0.1, 0.15) is 41.9 Å². The minimum absolute atomic E-state index is 0.138. The van der Waals surface area contributed by atoms with Gasteiger partial charge >= 0.3 is 5.97 Å². The maximum atomic E-state index is 14.1. The SMILES string of the molecule is O=C(O)[C@H]1[C@H]2CC[C@H](CC2OCc2ccccc2)N1C(=O)C(c1ccccc1)c1ccccc1. The highest BCUT2D eigenvalue weighted by molar-refractivity contribution is 5.91.